The van der Waals surface area contributed by atoms with Gasteiger partial charge in [-0.05, 0) is 33.7 Å². The lowest BCUT2D eigenvalue weighted by molar-refractivity contribution is 0.568. The number of hydrogen-bond acceptors (Lipinski definition) is 3. The molecule has 1 aromatic heterocycles. The summed E-state index contributed by atoms with van der Waals surface area (Å²) < 4.78 is 1.78. The summed E-state index contributed by atoms with van der Waals surface area (Å²) in [5, 5.41) is 7.61. The van der Waals surface area contributed by atoms with Gasteiger partial charge in [0, 0.05) is 5.41 Å². The van der Waals surface area contributed by atoms with Gasteiger partial charge in [0.15, 0.2) is 5.82 Å². The summed E-state index contributed by atoms with van der Waals surface area (Å²) in [7, 11) is 0. The monoisotopic (exact) mass is 234 g/mol. The molecule has 0 spiro atoms. The van der Waals surface area contributed by atoms with Crippen molar-refractivity contribution in [1.82, 2.24) is 20.1 Å². The third-order valence-electron chi connectivity index (χ3n) is 2.00. The fraction of sp³-hybridized carbons (Fsp3) is 0.692. The molecule has 0 saturated carbocycles. The van der Waals surface area contributed by atoms with Gasteiger partial charge in [-0.2, -0.15) is 5.10 Å². The van der Waals surface area contributed by atoms with Gasteiger partial charge in [-0.15, -0.1) is 0 Å². The molecular weight excluding hydrogens is 212 g/mol. The summed E-state index contributed by atoms with van der Waals surface area (Å²) in [6.07, 6.45) is 2.86. The van der Waals surface area contributed by atoms with Crippen LogP contribution in [0.3, 0.4) is 0 Å². The maximum Gasteiger partial charge on any atom is 0.164 e. The Hall–Kier alpha value is -1.34. The van der Waals surface area contributed by atoms with Crippen LogP contribution in [0.25, 0.3) is 0 Å². The number of aromatic nitrogens is 3. The molecule has 0 radical (unpaired) electrons. The van der Waals surface area contributed by atoms with Gasteiger partial charge in [0.25, 0.3) is 0 Å². The quantitative estimate of drug-likeness (QED) is 0.624. The van der Waals surface area contributed by atoms with Gasteiger partial charge >= 0.3 is 0 Å². The van der Waals surface area contributed by atoms with Gasteiger partial charge in [0.05, 0.1) is 6.54 Å². The summed E-state index contributed by atoms with van der Waals surface area (Å²) in [5.74, 6) is 7.12. The first-order chi connectivity index (χ1) is 8.01. The summed E-state index contributed by atoms with van der Waals surface area (Å²) in [5.41, 5.74) is 0.0477. The highest BCUT2D eigenvalue weighted by Crippen LogP contribution is 2.09. The summed E-state index contributed by atoms with van der Waals surface area (Å²) in [6.45, 7) is 10.8. The Kier molecular flexibility index (Phi) is 5.17. The van der Waals surface area contributed by atoms with Crippen LogP contribution >= 0.6 is 0 Å². The molecule has 0 aliphatic carbocycles. The van der Waals surface area contributed by atoms with Crippen LogP contribution in [0.5, 0.6) is 0 Å². The van der Waals surface area contributed by atoms with E-state index in [0.717, 1.165) is 25.3 Å². The minimum absolute atomic E-state index is 0.0477. The van der Waals surface area contributed by atoms with Crippen LogP contribution in [-0.2, 0) is 13.1 Å². The zero-order chi connectivity index (χ0) is 12.7. The average Bonchev–Trinajstić information content (AvgIpc) is 2.64. The highest BCUT2D eigenvalue weighted by molar-refractivity contribution is 5.07. The molecule has 0 aliphatic heterocycles. The Morgan fingerprint density at radius 1 is 1.41 bits per heavy atom. The molecule has 0 bridgehead atoms. The van der Waals surface area contributed by atoms with Gasteiger partial charge in [-0.3, -0.25) is 0 Å². The Bertz CT molecular complexity index is 390. The molecule has 1 rings (SSSR count). The van der Waals surface area contributed by atoms with E-state index in [4.69, 9.17) is 0 Å². The minimum Gasteiger partial charge on any atom is -0.310 e. The third kappa shape index (κ3) is 6.08. The van der Waals surface area contributed by atoms with Crippen LogP contribution < -0.4 is 5.32 Å². The molecule has 0 unspecified atom stereocenters. The van der Waals surface area contributed by atoms with Crippen LogP contribution in [0.4, 0.5) is 0 Å². The first-order valence-electron chi connectivity index (χ1n) is 6.10. The van der Waals surface area contributed by atoms with Crippen molar-refractivity contribution in [2.75, 3.05) is 6.54 Å². The molecule has 4 nitrogen and oxygen atoms in total. The third-order valence-corrected chi connectivity index (χ3v) is 2.00. The normalized spacial score (nSPS) is 11.1. The van der Waals surface area contributed by atoms with Crippen LogP contribution in [0.2, 0.25) is 0 Å². The van der Waals surface area contributed by atoms with Crippen LogP contribution in [-0.4, -0.2) is 21.3 Å². The largest absolute Gasteiger partial charge is 0.310 e. The Labute approximate surface area is 104 Å². The molecule has 0 aromatic carbocycles. The summed E-state index contributed by atoms with van der Waals surface area (Å²) in [6, 6.07) is 0. The molecule has 94 valence electrons. The van der Waals surface area contributed by atoms with Crippen LogP contribution in [0.1, 0.15) is 39.9 Å². The highest BCUT2D eigenvalue weighted by atomic mass is 15.3. The standard InChI is InChI=1S/C13H22N4/c1-5-8-14-10-12-15-11-17(16-12)9-6-7-13(2,3)4/h11,14H,5,8-10H2,1-4H3. The summed E-state index contributed by atoms with van der Waals surface area (Å²) in [4.78, 5) is 4.22. The smallest absolute Gasteiger partial charge is 0.164 e. The molecule has 4 heteroatoms. The van der Waals surface area contributed by atoms with Crippen LogP contribution in [0, 0.1) is 17.3 Å². The maximum atomic E-state index is 4.34. The second kappa shape index (κ2) is 6.41. The number of hydrogen-bond donors (Lipinski definition) is 1. The molecule has 0 aliphatic rings. The molecule has 1 heterocycles. The van der Waals surface area contributed by atoms with E-state index in [1.54, 1.807) is 11.0 Å². The van der Waals surface area contributed by atoms with E-state index in [1.165, 1.54) is 0 Å². The van der Waals surface area contributed by atoms with Crippen molar-refractivity contribution in [3.05, 3.63) is 12.2 Å². The number of rotatable bonds is 5. The topological polar surface area (TPSA) is 42.7 Å². The Balaban J connectivity index is 2.42. The first-order valence-corrected chi connectivity index (χ1v) is 6.10. The van der Waals surface area contributed by atoms with Gasteiger partial charge in [-0.25, -0.2) is 9.67 Å². The zero-order valence-corrected chi connectivity index (χ0v) is 11.2. The lowest BCUT2D eigenvalue weighted by atomic mass is 9.98. The molecule has 0 amide bonds. The van der Waals surface area contributed by atoms with Gasteiger partial charge < -0.3 is 5.32 Å². The SMILES string of the molecule is CCCNCc1ncn(CC#CC(C)(C)C)n1. The Morgan fingerprint density at radius 2 is 2.18 bits per heavy atom. The van der Waals surface area contributed by atoms with Gasteiger partial charge in [0.2, 0.25) is 0 Å². The second-order valence-electron chi connectivity index (χ2n) is 5.09. The fourth-order valence-electron chi connectivity index (χ4n) is 1.25. The second-order valence-corrected chi connectivity index (χ2v) is 5.09. The molecule has 1 N–H and O–H groups in total. The summed E-state index contributed by atoms with van der Waals surface area (Å²) >= 11 is 0. The van der Waals surface area contributed by atoms with Crippen molar-refractivity contribution in [1.29, 1.82) is 0 Å². The number of nitrogens with zero attached hydrogens (tertiary/aromatic N) is 3. The van der Waals surface area contributed by atoms with E-state index in [1.807, 2.05) is 0 Å². The van der Waals surface area contributed by atoms with Crippen molar-refractivity contribution in [2.45, 2.75) is 47.2 Å². The maximum absolute atomic E-state index is 4.34. The highest BCUT2D eigenvalue weighted by Gasteiger charge is 2.03. The van der Waals surface area contributed by atoms with Gasteiger partial charge in [0.1, 0.15) is 12.9 Å². The molecule has 0 fully saturated rings. The average molecular weight is 234 g/mol. The van der Waals surface area contributed by atoms with E-state index in [-0.39, 0.29) is 5.41 Å². The predicted octanol–water partition coefficient (Wildman–Crippen LogP) is 1.83. The lowest BCUT2D eigenvalue weighted by Crippen LogP contribution is -2.15. The van der Waals surface area contributed by atoms with E-state index in [2.05, 4.69) is 54.9 Å². The van der Waals surface area contributed by atoms with Crippen molar-refractivity contribution < 1.29 is 0 Å². The van der Waals surface area contributed by atoms with E-state index in [0.29, 0.717) is 6.54 Å². The van der Waals surface area contributed by atoms with Gasteiger partial charge in [-0.1, -0.05) is 18.8 Å². The Morgan fingerprint density at radius 3 is 2.82 bits per heavy atom. The number of nitrogens with one attached hydrogen (secondary N) is 1. The molecule has 0 atom stereocenters. The minimum atomic E-state index is 0.0477. The van der Waals surface area contributed by atoms with Crippen LogP contribution in [0.15, 0.2) is 6.33 Å². The molecule has 17 heavy (non-hydrogen) atoms. The van der Waals surface area contributed by atoms with E-state index in [9.17, 15) is 0 Å². The first kappa shape index (κ1) is 13.7. The zero-order valence-electron chi connectivity index (χ0n) is 11.2. The lowest BCUT2D eigenvalue weighted by Gasteiger charge is -2.06. The predicted molar refractivity (Wildman–Crippen MR) is 69.3 cm³/mol. The van der Waals surface area contributed by atoms with E-state index >= 15 is 0 Å². The van der Waals surface area contributed by atoms with Crippen molar-refractivity contribution in [3.8, 4) is 11.8 Å². The van der Waals surface area contributed by atoms with Crippen molar-refractivity contribution in [2.24, 2.45) is 5.41 Å². The molecular formula is C13H22N4. The van der Waals surface area contributed by atoms with Crippen molar-refractivity contribution in [3.63, 3.8) is 0 Å². The van der Waals surface area contributed by atoms with Crippen molar-refractivity contribution >= 4 is 0 Å². The van der Waals surface area contributed by atoms with E-state index < -0.39 is 0 Å². The molecule has 0 saturated heterocycles. The fourth-order valence-corrected chi connectivity index (χ4v) is 1.25. The molecule has 1 aromatic rings.